The van der Waals surface area contributed by atoms with Crippen molar-refractivity contribution in [3.05, 3.63) is 0 Å². The monoisotopic (exact) mass is 176 g/mol. The second kappa shape index (κ2) is 2.97. The Hall–Kier alpha value is 0.295. The number of aliphatic hydroxyl groups is 3. The van der Waals surface area contributed by atoms with Gasteiger partial charge in [0.25, 0.3) is 0 Å². The van der Waals surface area contributed by atoms with Gasteiger partial charge in [-0.3, -0.25) is 0 Å². The molecule has 0 aromatic carbocycles. The zero-order valence-corrected chi connectivity index (χ0v) is 7.51. The van der Waals surface area contributed by atoms with Gasteiger partial charge in [-0.1, -0.05) is 0 Å². The molecule has 3 nitrogen and oxygen atoms in total. The van der Waals surface area contributed by atoms with E-state index in [0.29, 0.717) is 0 Å². The van der Waals surface area contributed by atoms with Crippen LogP contribution in [0.1, 0.15) is 6.92 Å². The number of aliphatic hydroxyl groups excluding tert-OH is 2. The van der Waals surface area contributed by atoms with E-state index in [4.69, 9.17) is 5.11 Å². The van der Waals surface area contributed by atoms with Crippen LogP contribution in [0, 0.1) is 0 Å². The van der Waals surface area contributed by atoms with Crippen LogP contribution < -0.4 is 0 Å². The zero-order chi connectivity index (χ0) is 8.65. The molecule has 5 heteroatoms. The lowest BCUT2D eigenvalue weighted by Crippen LogP contribution is -2.45. The first kappa shape index (κ1) is 9.38. The Labute approximate surface area is 71.2 Å². The molecule has 4 atom stereocenters. The summed E-state index contributed by atoms with van der Waals surface area (Å²) in [6, 6.07) is 0. The van der Waals surface area contributed by atoms with Gasteiger partial charge < -0.3 is 15.3 Å². The third-order valence-corrected chi connectivity index (χ3v) is 3.97. The maximum absolute atomic E-state index is 9.65. The highest BCUT2D eigenvalue weighted by Gasteiger charge is 2.48. The lowest BCUT2D eigenvalue weighted by atomic mass is 9.83. The first-order valence-corrected chi connectivity index (χ1v) is 4.61. The van der Waals surface area contributed by atoms with E-state index in [1.54, 1.807) is 6.92 Å². The van der Waals surface area contributed by atoms with Gasteiger partial charge in [0.05, 0.1) is 23.6 Å². The molecular weight excluding hydrogens is 163 g/mol. The summed E-state index contributed by atoms with van der Waals surface area (Å²) in [4.78, 5) is 0. The predicted octanol–water partition coefficient (Wildman–Crippen LogP) is -1.83. The molecule has 0 amide bonds. The Morgan fingerprint density at radius 3 is 2.36 bits per heavy atom. The Morgan fingerprint density at radius 1 is 1.64 bits per heavy atom. The second-order valence-electron chi connectivity index (χ2n) is 3.17. The highest BCUT2D eigenvalue weighted by Crippen LogP contribution is 2.39. The van der Waals surface area contributed by atoms with Gasteiger partial charge in [0.1, 0.15) is 7.85 Å². The number of rotatable bonds is 1. The zero-order valence-electron chi connectivity index (χ0n) is 6.69. The second-order valence-corrected chi connectivity index (χ2v) is 4.75. The molecule has 11 heavy (non-hydrogen) atoms. The van der Waals surface area contributed by atoms with Crippen molar-refractivity contribution in [3.63, 3.8) is 0 Å². The SMILES string of the molecule is BC1S[C@H](CO)[C@@H](O)[C@]1(C)O. The fourth-order valence-corrected chi connectivity index (χ4v) is 2.68. The third-order valence-electron chi connectivity index (χ3n) is 2.33. The molecule has 3 N–H and O–H groups in total. The molecule has 0 spiro atoms. The Bertz CT molecular complexity index is 153. The van der Waals surface area contributed by atoms with Crippen molar-refractivity contribution in [1.29, 1.82) is 0 Å². The van der Waals surface area contributed by atoms with E-state index in [0.717, 1.165) is 0 Å². The molecule has 1 aliphatic heterocycles. The molecule has 0 aromatic heterocycles. The van der Waals surface area contributed by atoms with Crippen LogP contribution in [0.25, 0.3) is 0 Å². The van der Waals surface area contributed by atoms with E-state index in [9.17, 15) is 10.2 Å². The molecule has 1 saturated heterocycles. The predicted molar refractivity (Wildman–Crippen MR) is 47.4 cm³/mol. The summed E-state index contributed by atoms with van der Waals surface area (Å²) in [5, 5.41) is 27.6. The average Bonchev–Trinajstić information content (AvgIpc) is 2.14. The minimum atomic E-state index is -1.06. The van der Waals surface area contributed by atoms with Gasteiger partial charge in [0.2, 0.25) is 0 Å². The number of thioether (sulfide) groups is 1. The normalized spacial score (nSPS) is 51.5. The maximum Gasteiger partial charge on any atom is 0.122 e. The molecule has 1 unspecified atom stereocenters. The van der Waals surface area contributed by atoms with Crippen molar-refractivity contribution < 1.29 is 15.3 Å². The van der Waals surface area contributed by atoms with Crippen LogP contribution >= 0.6 is 11.8 Å². The first-order valence-electron chi connectivity index (χ1n) is 3.67. The summed E-state index contributed by atoms with van der Waals surface area (Å²) >= 11 is 1.43. The van der Waals surface area contributed by atoms with Gasteiger partial charge in [-0.2, -0.15) is 11.8 Å². The van der Waals surface area contributed by atoms with Gasteiger partial charge in [-0.25, -0.2) is 0 Å². The molecule has 64 valence electrons. The summed E-state index contributed by atoms with van der Waals surface area (Å²) in [7, 11) is 1.85. The molecule has 1 rings (SSSR count). The van der Waals surface area contributed by atoms with Crippen LogP contribution in [0.5, 0.6) is 0 Å². The van der Waals surface area contributed by atoms with E-state index >= 15 is 0 Å². The fourth-order valence-electron chi connectivity index (χ4n) is 1.23. The molecule has 1 heterocycles. The van der Waals surface area contributed by atoms with Crippen LogP contribution in [0.4, 0.5) is 0 Å². The molecule has 1 fully saturated rings. The lowest BCUT2D eigenvalue weighted by molar-refractivity contribution is -0.0465. The molecule has 0 radical (unpaired) electrons. The Kier molecular flexibility index (Phi) is 2.54. The van der Waals surface area contributed by atoms with Crippen LogP contribution in [0.15, 0.2) is 0 Å². The summed E-state index contributed by atoms with van der Waals surface area (Å²) in [5.41, 5.74) is -1.06. The summed E-state index contributed by atoms with van der Waals surface area (Å²) in [6.45, 7) is 1.53. The highest BCUT2D eigenvalue weighted by atomic mass is 32.2. The van der Waals surface area contributed by atoms with Crippen molar-refractivity contribution in [3.8, 4) is 0 Å². The van der Waals surface area contributed by atoms with Gasteiger partial charge >= 0.3 is 0 Å². The van der Waals surface area contributed by atoms with Crippen molar-refractivity contribution >= 4 is 19.6 Å². The minimum Gasteiger partial charge on any atom is -0.395 e. The molecular formula is C6H13BO3S. The fraction of sp³-hybridized carbons (Fsp3) is 1.00. The molecule has 0 aliphatic carbocycles. The molecule has 0 aromatic rings. The van der Waals surface area contributed by atoms with Crippen molar-refractivity contribution in [2.45, 2.75) is 29.0 Å². The van der Waals surface area contributed by atoms with E-state index in [2.05, 4.69) is 0 Å². The minimum absolute atomic E-state index is 0.0188. The quantitative estimate of drug-likeness (QED) is 0.411. The topological polar surface area (TPSA) is 60.7 Å². The molecule has 1 aliphatic rings. The average molecular weight is 176 g/mol. The van der Waals surface area contributed by atoms with Crippen LogP contribution in [-0.4, -0.2) is 51.9 Å². The van der Waals surface area contributed by atoms with E-state index in [-0.39, 0.29) is 17.0 Å². The number of hydrogen-bond acceptors (Lipinski definition) is 4. The molecule has 0 saturated carbocycles. The van der Waals surface area contributed by atoms with Gasteiger partial charge in [0, 0.05) is 5.15 Å². The summed E-state index contributed by atoms with van der Waals surface area (Å²) in [6.07, 6.45) is -0.813. The highest BCUT2D eigenvalue weighted by molar-refractivity contribution is 8.02. The smallest absolute Gasteiger partial charge is 0.122 e. The van der Waals surface area contributed by atoms with Gasteiger partial charge in [-0.05, 0) is 6.92 Å². The third kappa shape index (κ3) is 1.43. The Balaban J connectivity index is 2.71. The maximum atomic E-state index is 9.65. The van der Waals surface area contributed by atoms with E-state index in [1.807, 2.05) is 7.85 Å². The van der Waals surface area contributed by atoms with Crippen molar-refractivity contribution in [2.24, 2.45) is 0 Å². The van der Waals surface area contributed by atoms with Crippen LogP contribution in [0.3, 0.4) is 0 Å². The van der Waals surface area contributed by atoms with Gasteiger partial charge in [-0.15, -0.1) is 0 Å². The standard InChI is InChI=1S/C6H13BO3S/c1-6(10)4(9)3(2-8)11-5(6)7/h3-5,8-10H,2,7H2,1H3/t3-,4-,5?,6+/m1/s1. The lowest BCUT2D eigenvalue weighted by Gasteiger charge is -2.25. The number of hydrogen-bond donors (Lipinski definition) is 3. The Morgan fingerprint density at radius 2 is 2.18 bits per heavy atom. The summed E-state index contributed by atoms with van der Waals surface area (Å²) in [5.74, 6) is 0. The van der Waals surface area contributed by atoms with Crippen molar-refractivity contribution in [2.75, 3.05) is 6.61 Å². The van der Waals surface area contributed by atoms with Crippen LogP contribution in [0.2, 0.25) is 0 Å². The molecule has 0 bridgehead atoms. The summed E-state index contributed by atoms with van der Waals surface area (Å²) < 4.78 is 0. The first-order chi connectivity index (χ1) is 5.00. The van der Waals surface area contributed by atoms with Crippen LogP contribution in [-0.2, 0) is 0 Å². The van der Waals surface area contributed by atoms with Gasteiger partial charge in [0.15, 0.2) is 0 Å². The van der Waals surface area contributed by atoms with Crippen molar-refractivity contribution in [1.82, 2.24) is 0 Å². The van der Waals surface area contributed by atoms with E-state index < -0.39 is 11.7 Å². The van der Waals surface area contributed by atoms with E-state index in [1.165, 1.54) is 11.8 Å². The largest absolute Gasteiger partial charge is 0.395 e.